The van der Waals surface area contributed by atoms with Gasteiger partial charge in [-0.2, -0.15) is 0 Å². The van der Waals surface area contributed by atoms with E-state index in [9.17, 15) is 14.7 Å². The van der Waals surface area contributed by atoms with E-state index >= 15 is 0 Å². The average Bonchev–Trinajstić information content (AvgIpc) is 3.07. The first-order valence-corrected chi connectivity index (χ1v) is 9.24. The highest BCUT2D eigenvalue weighted by molar-refractivity contribution is 5.98. The second-order valence-corrected chi connectivity index (χ2v) is 6.89. The summed E-state index contributed by atoms with van der Waals surface area (Å²) < 4.78 is 17.6. The Morgan fingerprint density at radius 1 is 1.20 bits per heavy atom. The quantitative estimate of drug-likeness (QED) is 0.648. The van der Waals surface area contributed by atoms with E-state index in [4.69, 9.17) is 14.2 Å². The molecule has 1 aromatic carbocycles. The van der Waals surface area contributed by atoms with Crippen molar-refractivity contribution in [3.05, 3.63) is 81.0 Å². The number of hydrogen-bond acceptors (Lipinski definition) is 7. The van der Waals surface area contributed by atoms with Crippen molar-refractivity contribution in [3.63, 3.8) is 0 Å². The van der Waals surface area contributed by atoms with Crippen LogP contribution in [0.3, 0.4) is 0 Å². The molecule has 154 valence electrons. The van der Waals surface area contributed by atoms with E-state index < -0.39 is 17.6 Å². The molecular formula is C22H20N2O6. The molecule has 0 spiro atoms. The molecule has 1 atom stereocenters. The molecule has 0 amide bonds. The maximum absolute atomic E-state index is 13.3. The maximum atomic E-state index is 13.3. The van der Waals surface area contributed by atoms with Crippen LogP contribution in [-0.2, 0) is 11.3 Å². The van der Waals surface area contributed by atoms with Gasteiger partial charge in [0.15, 0.2) is 17.6 Å². The zero-order valence-corrected chi connectivity index (χ0v) is 16.7. The van der Waals surface area contributed by atoms with Gasteiger partial charge in [-0.25, -0.2) is 4.79 Å². The summed E-state index contributed by atoms with van der Waals surface area (Å²) in [4.78, 5) is 30.0. The lowest BCUT2D eigenvalue weighted by molar-refractivity contribution is 0.0448. The number of carbonyl (C=O) groups excluding carboxylic acids is 1. The van der Waals surface area contributed by atoms with Crippen LogP contribution in [0.25, 0.3) is 0 Å². The van der Waals surface area contributed by atoms with Crippen molar-refractivity contribution >= 4 is 5.97 Å². The largest absolute Gasteiger partial charge is 0.507 e. The molecule has 3 heterocycles. The molecule has 0 bridgehead atoms. The molecule has 2 aromatic heterocycles. The number of methoxy groups -OCH3 is 2. The van der Waals surface area contributed by atoms with Crippen LogP contribution in [0.2, 0.25) is 0 Å². The van der Waals surface area contributed by atoms with Gasteiger partial charge in [0.25, 0.3) is 5.56 Å². The number of aryl methyl sites for hydroxylation is 1. The lowest BCUT2D eigenvalue weighted by Gasteiger charge is -2.17. The molecule has 0 aliphatic carbocycles. The van der Waals surface area contributed by atoms with Crippen LogP contribution < -0.4 is 15.0 Å². The Hall–Kier alpha value is -3.81. The fraction of sp³-hybridized carbons (Fsp3) is 0.227. The second kappa shape index (κ2) is 7.55. The Bertz CT molecular complexity index is 1190. The van der Waals surface area contributed by atoms with Crippen LogP contribution in [0, 0.1) is 6.92 Å². The van der Waals surface area contributed by atoms with Gasteiger partial charge in [-0.05, 0) is 30.7 Å². The molecule has 4 rings (SSSR count). The van der Waals surface area contributed by atoms with E-state index in [0.29, 0.717) is 17.0 Å². The van der Waals surface area contributed by atoms with E-state index in [-0.39, 0.29) is 29.2 Å². The van der Waals surface area contributed by atoms with E-state index in [2.05, 4.69) is 4.98 Å². The Morgan fingerprint density at radius 3 is 2.67 bits per heavy atom. The number of rotatable bonds is 5. The first kappa shape index (κ1) is 19.5. The van der Waals surface area contributed by atoms with Crippen LogP contribution in [-0.4, -0.2) is 34.8 Å². The maximum Gasteiger partial charge on any atom is 0.343 e. The number of esters is 1. The first-order valence-electron chi connectivity index (χ1n) is 9.24. The number of hydrogen-bond donors (Lipinski definition) is 1. The molecule has 0 unspecified atom stereocenters. The number of aromatic nitrogens is 2. The summed E-state index contributed by atoms with van der Waals surface area (Å²) in [5, 5.41) is 10.6. The number of cyclic esters (lactones) is 1. The van der Waals surface area contributed by atoms with Crippen LogP contribution in [0.15, 0.2) is 47.5 Å². The number of nitrogens with zero attached hydrogens (tertiary/aromatic N) is 2. The molecule has 0 radical (unpaired) electrons. The van der Waals surface area contributed by atoms with Crippen molar-refractivity contribution in [1.82, 2.24) is 9.55 Å². The van der Waals surface area contributed by atoms with Crippen LogP contribution in [0.5, 0.6) is 17.2 Å². The first-order chi connectivity index (χ1) is 14.5. The molecular weight excluding hydrogens is 388 g/mol. The lowest BCUT2D eigenvalue weighted by Crippen LogP contribution is -2.28. The van der Waals surface area contributed by atoms with Gasteiger partial charge in [-0.1, -0.05) is 12.1 Å². The smallest absolute Gasteiger partial charge is 0.343 e. The number of aromatic hydroxyl groups is 1. The average molecular weight is 408 g/mol. The molecule has 1 aliphatic heterocycles. The van der Waals surface area contributed by atoms with Gasteiger partial charge in [-0.3, -0.25) is 9.78 Å². The number of carbonyl (C=O) groups is 1. The summed E-state index contributed by atoms with van der Waals surface area (Å²) >= 11 is 0. The van der Waals surface area contributed by atoms with Crippen LogP contribution in [0.4, 0.5) is 0 Å². The predicted molar refractivity (Wildman–Crippen MR) is 107 cm³/mol. The van der Waals surface area contributed by atoms with E-state index in [0.717, 1.165) is 5.56 Å². The molecule has 30 heavy (non-hydrogen) atoms. The Morgan fingerprint density at radius 2 is 2.00 bits per heavy atom. The Kier molecular flexibility index (Phi) is 4.91. The van der Waals surface area contributed by atoms with Crippen molar-refractivity contribution < 1.29 is 24.1 Å². The number of pyridine rings is 2. The number of ether oxygens (including phenoxy) is 3. The molecule has 0 saturated carbocycles. The van der Waals surface area contributed by atoms with Gasteiger partial charge < -0.3 is 23.9 Å². The van der Waals surface area contributed by atoms with Gasteiger partial charge >= 0.3 is 5.97 Å². The number of benzene rings is 1. The summed E-state index contributed by atoms with van der Waals surface area (Å²) in [6.07, 6.45) is 2.26. The predicted octanol–water partition coefficient (Wildman–Crippen LogP) is 2.58. The summed E-state index contributed by atoms with van der Waals surface area (Å²) in [6.45, 7) is 2.00. The third-order valence-electron chi connectivity index (χ3n) is 5.14. The normalized spacial score (nSPS) is 14.9. The van der Waals surface area contributed by atoms with Crippen molar-refractivity contribution in [2.75, 3.05) is 14.2 Å². The van der Waals surface area contributed by atoms with Gasteiger partial charge in [-0.15, -0.1) is 0 Å². The van der Waals surface area contributed by atoms with Crippen molar-refractivity contribution in [2.45, 2.75) is 19.6 Å². The molecule has 8 heteroatoms. The SMILES string of the molecule is COc1ccc2c(c1OC)C(=O)O[C@@H]2c1c(O)cc(C)n(Cc2cccnc2)c1=O. The van der Waals surface area contributed by atoms with E-state index in [1.807, 2.05) is 6.07 Å². The topological polar surface area (TPSA) is 99.9 Å². The van der Waals surface area contributed by atoms with Gasteiger partial charge in [0.2, 0.25) is 0 Å². The van der Waals surface area contributed by atoms with Gasteiger partial charge in [0.05, 0.1) is 20.8 Å². The minimum absolute atomic E-state index is 0.0104. The minimum Gasteiger partial charge on any atom is -0.507 e. The zero-order valence-electron chi connectivity index (χ0n) is 16.7. The molecule has 0 fully saturated rings. The van der Waals surface area contributed by atoms with Crippen molar-refractivity contribution in [1.29, 1.82) is 0 Å². The monoisotopic (exact) mass is 408 g/mol. The van der Waals surface area contributed by atoms with E-state index in [1.165, 1.54) is 24.9 Å². The molecule has 1 aliphatic rings. The summed E-state index contributed by atoms with van der Waals surface area (Å²) in [6, 6.07) is 8.39. The standard InChI is InChI=1S/C22H20N2O6/c1-12-9-15(25)18(21(26)24(12)11-13-5-4-8-23-10-13)19-14-6-7-16(28-2)20(29-3)17(14)22(27)30-19/h4-10,19,25H,11H2,1-3H3/t19-/m0/s1. The highest BCUT2D eigenvalue weighted by atomic mass is 16.6. The zero-order chi connectivity index (χ0) is 21.4. The summed E-state index contributed by atoms with van der Waals surface area (Å²) in [5.74, 6) is -0.287. The molecule has 8 nitrogen and oxygen atoms in total. The van der Waals surface area contributed by atoms with Crippen molar-refractivity contribution in [2.24, 2.45) is 0 Å². The van der Waals surface area contributed by atoms with Crippen molar-refractivity contribution in [3.8, 4) is 17.2 Å². The molecule has 0 saturated heterocycles. The molecule has 1 N–H and O–H groups in total. The fourth-order valence-electron chi connectivity index (χ4n) is 3.70. The number of fused-ring (bicyclic) bond motifs is 1. The second-order valence-electron chi connectivity index (χ2n) is 6.89. The highest BCUT2D eigenvalue weighted by Gasteiger charge is 2.39. The van der Waals surface area contributed by atoms with Crippen LogP contribution in [0.1, 0.15) is 38.8 Å². The molecule has 3 aromatic rings. The Balaban J connectivity index is 1.86. The van der Waals surface area contributed by atoms with Gasteiger partial charge in [0.1, 0.15) is 16.9 Å². The third kappa shape index (κ3) is 3.06. The Labute approximate surface area is 172 Å². The third-order valence-corrected chi connectivity index (χ3v) is 5.14. The van der Waals surface area contributed by atoms with Crippen LogP contribution >= 0.6 is 0 Å². The lowest BCUT2D eigenvalue weighted by atomic mass is 9.98. The van der Waals surface area contributed by atoms with E-state index in [1.54, 1.807) is 37.5 Å². The summed E-state index contributed by atoms with van der Waals surface area (Å²) in [5.41, 5.74) is 1.55. The minimum atomic E-state index is -1.06. The fourth-order valence-corrected chi connectivity index (χ4v) is 3.70. The summed E-state index contributed by atoms with van der Waals surface area (Å²) in [7, 11) is 2.88. The van der Waals surface area contributed by atoms with Gasteiger partial charge in [0, 0.05) is 23.7 Å². The highest BCUT2D eigenvalue weighted by Crippen LogP contribution is 2.45.